The number of hydrogen-bond acceptors (Lipinski definition) is 2. The van der Waals surface area contributed by atoms with Crippen molar-refractivity contribution in [1.29, 1.82) is 0 Å². The zero-order valence-corrected chi connectivity index (χ0v) is 10.2. The molecule has 0 aliphatic heterocycles. The zero-order valence-electron chi connectivity index (χ0n) is 10.2. The van der Waals surface area contributed by atoms with Gasteiger partial charge in [-0.1, -0.05) is 36.4 Å². The molecule has 1 N–H and O–H groups in total. The van der Waals surface area contributed by atoms with Gasteiger partial charge in [0.1, 0.15) is 6.61 Å². The number of aliphatic hydroxyl groups is 1. The summed E-state index contributed by atoms with van der Waals surface area (Å²) in [7, 11) is 0. The van der Waals surface area contributed by atoms with Gasteiger partial charge >= 0.3 is 0 Å². The summed E-state index contributed by atoms with van der Waals surface area (Å²) in [6.45, 7) is 2.04. The Kier molecular flexibility index (Phi) is 3.95. The molecule has 0 unspecified atom stereocenters. The molecular formula is C15H15FO2. The normalized spacial score (nSPS) is 10.4. The van der Waals surface area contributed by atoms with E-state index in [-0.39, 0.29) is 18.2 Å². The second-order valence-electron chi connectivity index (χ2n) is 4.15. The van der Waals surface area contributed by atoms with Gasteiger partial charge in [-0.15, -0.1) is 0 Å². The molecule has 0 atom stereocenters. The summed E-state index contributed by atoms with van der Waals surface area (Å²) >= 11 is 0. The fraction of sp³-hybridized carbons (Fsp3) is 0.200. The van der Waals surface area contributed by atoms with E-state index in [4.69, 9.17) is 9.84 Å². The van der Waals surface area contributed by atoms with E-state index in [1.54, 1.807) is 25.1 Å². The molecular weight excluding hydrogens is 231 g/mol. The van der Waals surface area contributed by atoms with Gasteiger partial charge in [-0.05, 0) is 29.7 Å². The SMILES string of the molecule is Cc1cccc(OCc2ccc(CO)cc2)c1F. The lowest BCUT2D eigenvalue weighted by Crippen LogP contribution is -1.98. The molecule has 0 aliphatic carbocycles. The Morgan fingerprint density at radius 1 is 1.06 bits per heavy atom. The standard InChI is InChI=1S/C15H15FO2/c1-11-3-2-4-14(15(11)16)18-10-13-7-5-12(9-17)6-8-13/h2-8,17H,9-10H2,1H3. The molecule has 2 aromatic rings. The summed E-state index contributed by atoms with van der Waals surface area (Å²) in [6, 6.07) is 12.5. The Bertz CT molecular complexity index is 521. The van der Waals surface area contributed by atoms with Crippen LogP contribution < -0.4 is 4.74 Å². The molecule has 0 amide bonds. The third-order valence-corrected chi connectivity index (χ3v) is 2.76. The maximum atomic E-state index is 13.7. The summed E-state index contributed by atoms with van der Waals surface area (Å²) in [5.74, 6) is -0.0503. The maximum Gasteiger partial charge on any atom is 0.167 e. The van der Waals surface area contributed by atoms with E-state index in [0.29, 0.717) is 12.2 Å². The number of rotatable bonds is 4. The van der Waals surface area contributed by atoms with E-state index in [1.807, 2.05) is 24.3 Å². The fourth-order valence-electron chi connectivity index (χ4n) is 1.63. The number of hydrogen-bond donors (Lipinski definition) is 1. The van der Waals surface area contributed by atoms with Gasteiger partial charge in [0.25, 0.3) is 0 Å². The zero-order chi connectivity index (χ0) is 13.0. The van der Waals surface area contributed by atoms with Gasteiger partial charge in [-0.2, -0.15) is 0 Å². The largest absolute Gasteiger partial charge is 0.486 e. The monoisotopic (exact) mass is 246 g/mol. The molecule has 2 rings (SSSR count). The number of ether oxygens (including phenoxy) is 1. The first kappa shape index (κ1) is 12.6. The summed E-state index contributed by atoms with van der Waals surface area (Å²) in [4.78, 5) is 0. The van der Waals surface area contributed by atoms with Crippen LogP contribution in [0, 0.1) is 12.7 Å². The van der Waals surface area contributed by atoms with Crippen LogP contribution in [-0.4, -0.2) is 5.11 Å². The quantitative estimate of drug-likeness (QED) is 0.897. The van der Waals surface area contributed by atoms with Crippen LogP contribution in [0.15, 0.2) is 42.5 Å². The van der Waals surface area contributed by atoms with Crippen molar-refractivity contribution >= 4 is 0 Å². The average molecular weight is 246 g/mol. The number of aliphatic hydroxyl groups excluding tert-OH is 1. The highest BCUT2D eigenvalue weighted by Gasteiger charge is 2.05. The molecule has 94 valence electrons. The third kappa shape index (κ3) is 2.87. The summed E-state index contributed by atoms with van der Waals surface area (Å²) in [6.07, 6.45) is 0. The lowest BCUT2D eigenvalue weighted by molar-refractivity contribution is 0.280. The fourth-order valence-corrected chi connectivity index (χ4v) is 1.63. The second kappa shape index (κ2) is 5.65. The van der Waals surface area contributed by atoms with E-state index in [2.05, 4.69) is 0 Å². The number of halogens is 1. The van der Waals surface area contributed by atoms with E-state index >= 15 is 0 Å². The molecule has 0 bridgehead atoms. The Balaban J connectivity index is 2.04. The van der Waals surface area contributed by atoms with Crippen molar-refractivity contribution in [3.63, 3.8) is 0 Å². The van der Waals surface area contributed by atoms with E-state index in [0.717, 1.165) is 11.1 Å². The van der Waals surface area contributed by atoms with Crippen LogP contribution in [0.2, 0.25) is 0 Å². The van der Waals surface area contributed by atoms with Crippen molar-refractivity contribution in [2.24, 2.45) is 0 Å². The minimum Gasteiger partial charge on any atom is -0.486 e. The maximum absolute atomic E-state index is 13.7. The Morgan fingerprint density at radius 3 is 2.39 bits per heavy atom. The van der Waals surface area contributed by atoms with E-state index in [9.17, 15) is 4.39 Å². The predicted molar refractivity (Wildman–Crippen MR) is 67.8 cm³/mol. The average Bonchev–Trinajstić information content (AvgIpc) is 2.41. The van der Waals surface area contributed by atoms with Crippen molar-refractivity contribution in [2.45, 2.75) is 20.1 Å². The predicted octanol–water partition coefficient (Wildman–Crippen LogP) is 3.21. The topological polar surface area (TPSA) is 29.5 Å². The summed E-state index contributed by atoms with van der Waals surface area (Å²) in [5, 5.41) is 8.92. The van der Waals surface area contributed by atoms with E-state index < -0.39 is 0 Å². The van der Waals surface area contributed by atoms with Gasteiger partial charge in [0.2, 0.25) is 0 Å². The van der Waals surface area contributed by atoms with Gasteiger partial charge in [0.05, 0.1) is 6.61 Å². The third-order valence-electron chi connectivity index (χ3n) is 2.76. The first-order valence-electron chi connectivity index (χ1n) is 5.77. The lowest BCUT2D eigenvalue weighted by Gasteiger charge is -2.09. The number of benzene rings is 2. The van der Waals surface area contributed by atoms with Gasteiger partial charge < -0.3 is 9.84 Å². The van der Waals surface area contributed by atoms with Gasteiger partial charge in [0.15, 0.2) is 11.6 Å². The van der Waals surface area contributed by atoms with Crippen molar-refractivity contribution in [3.8, 4) is 5.75 Å². The smallest absolute Gasteiger partial charge is 0.167 e. The molecule has 0 spiro atoms. The molecule has 0 aliphatic rings. The molecule has 0 aromatic heterocycles. The molecule has 3 heteroatoms. The Morgan fingerprint density at radius 2 is 1.72 bits per heavy atom. The summed E-state index contributed by atoms with van der Waals surface area (Å²) < 4.78 is 19.1. The van der Waals surface area contributed by atoms with Gasteiger partial charge in [0, 0.05) is 0 Å². The minimum atomic E-state index is -0.315. The van der Waals surface area contributed by atoms with Crippen LogP contribution >= 0.6 is 0 Å². The highest BCUT2D eigenvalue weighted by molar-refractivity contribution is 5.30. The van der Waals surface area contributed by atoms with Crippen LogP contribution in [0.25, 0.3) is 0 Å². The van der Waals surface area contributed by atoms with Gasteiger partial charge in [-0.25, -0.2) is 4.39 Å². The Labute approximate surface area is 106 Å². The first-order valence-corrected chi connectivity index (χ1v) is 5.77. The molecule has 0 saturated heterocycles. The molecule has 2 nitrogen and oxygen atoms in total. The van der Waals surface area contributed by atoms with Crippen LogP contribution in [0.1, 0.15) is 16.7 Å². The number of aryl methyl sites for hydroxylation is 1. The molecule has 0 saturated carbocycles. The molecule has 18 heavy (non-hydrogen) atoms. The van der Waals surface area contributed by atoms with Crippen LogP contribution in [0.5, 0.6) is 5.75 Å². The molecule has 0 fully saturated rings. The van der Waals surface area contributed by atoms with E-state index in [1.165, 1.54) is 0 Å². The van der Waals surface area contributed by atoms with Crippen molar-refractivity contribution in [1.82, 2.24) is 0 Å². The Hall–Kier alpha value is -1.87. The molecule has 2 aromatic carbocycles. The highest BCUT2D eigenvalue weighted by atomic mass is 19.1. The van der Waals surface area contributed by atoms with Crippen molar-refractivity contribution in [3.05, 3.63) is 65.0 Å². The summed E-state index contributed by atoms with van der Waals surface area (Å²) in [5.41, 5.74) is 2.36. The first-order chi connectivity index (χ1) is 8.70. The minimum absolute atomic E-state index is 0.0215. The van der Waals surface area contributed by atoms with Crippen LogP contribution in [0.4, 0.5) is 4.39 Å². The molecule has 0 heterocycles. The lowest BCUT2D eigenvalue weighted by atomic mass is 10.1. The van der Waals surface area contributed by atoms with Gasteiger partial charge in [-0.3, -0.25) is 0 Å². The second-order valence-corrected chi connectivity index (χ2v) is 4.15. The highest BCUT2D eigenvalue weighted by Crippen LogP contribution is 2.20. The van der Waals surface area contributed by atoms with Crippen molar-refractivity contribution in [2.75, 3.05) is 0 Å². The van der Waals surface area contributed by atoms with Crippen LogP contribution in [-0.2, 0) is 13.2 Å². The van der Waals surface area contributed by atoms with Crippen molar-refractivity contribution < 1.29 is 14.2 Å². The van der Waals surface area contributed by atoms with Crippen LogP contribution in [0.3, 0.4) is 0 Å². The molecule has 0 radical (unpaired) electrons.